The maximum atomic E-state index is 12.3. The highest BCUT2D eigenvalue weighted by Gasteiger charge is 2.21. The van der Waals surface area contributed by atoms with Gasteiger partial charge in [0.15, 0.2) is 5.82 Å². The maximum Gasteiger partial charge on any atom is 0.241 e. The first-order valence-electron chi connectivity index (χ1n) is 6.12. The highest BCUT2D eigenvalue weighted by molar-refractivity contribution is 7.89. The van der Waals surface area contributed by atoms with Crippen LogP contribution in [0.25, 0.3) is 0 Å². The van der Waals surface area contributed by atoms with E-state index in [0.29, 0.717) is 11.6 Å². The number of nitrogens with one attached hydrogen (secondary N) is 3. The fourth-order valence-electron chi connectivity index (χ4n) is 1.74. The predicted molar refractivity (Wildman–Crippen MR) is 77.1 cm³/mol. The second-order valence-electron chi connectivity index (χ2n) is 4.40. The summed E-state index contributed by atoms with van der Waals surface area (Å²) in [5.74, 6) is 0.261. The van der Waals surface area contributed by atoms with E-state index in [1.807, 2.05) is 0 Å². The summed E-state index contributed by atoms with van der Waals surface area (Å²) in [7, 11) is -1.93. The molecule has 114 valence electrons. The van der Waals surface area contributed by atoms with Gasteiger partial charge in [0.25, 0.3) is 0 Å². The number of sulfonamides is 1. The van der Waals surface area contributed by atoms with Crippen molar-refractivity contribution in [3.63, 3.8) is 0 Å². The van der Waals surface area contributed by atoms with Gasteiger partial charge < -0.3 is 5.32 Å². The van der Waals surface area contributed by atoms with E-state index in [0.717, 1.165) is 5.56 Å². The molecule has 0 spiro atoms. The van der Waals surface area contributed by atoms with Crippen LogP contribution >= 0.6 is 11.6 Å². The van der Waals surface area contributed by atoms with Crippen molar-refractivity contribution in [3.05, 3.63) is 34.6 Å². The molecule has 1 aromatic carbocycles. The zero-order chi connectivity index (χ0) is 15.5. The molecule has 0 radical (unpaired) electrons. The molecule has 1 aromatic heterocycles. The molecule has 3 N–H and O–H groups in total. The molecule has 0 amide bonds. The van der Waals surface area contributed by atoms with E-state index >= 15 is 0 Å². The Kier molecular flexibility index (Phi) is 4.88. The summed E-state index contributed by atoms with van der Waals surface area (Å²) in [6.45, 7) is 2.19. The van der Waals surface area contributed by atoms with Gasteiger partial charge in [-0.2, -0.15) is 5.21 Å². The number of aromatic nitrogens is 4. The van der Waals surface area contributed by atoms with Gasteiger partial charge in [-0.25, -0.2) is 13.1 Å². The summed E-state index contributed by atoms with van der Waals surface area (Å²) < 4.78 is 27.0. The summed E-state index contributed by atoms with van der Waals surface area (Å²) in [6.07, 6.45) is 0. The Morgan fingerprint density at radius 1 is 1.43 bits per heavy atom. The van der Waals surface area contributed by atoms with Crippen LogP contribution in [0.4, 0.5) is 0 Å². The third-order valence-corrected chi connectivity index (χ3v) is 4.67. The van der Waals surface area contributed by atoms with Crippen LogP contribution in [0.3, 0.4) is 0 Å². The van der Waals surface area contributed by atoms with Crippen LogP contribution in [0.2, 0.25) is 5.02 Å². The van der Waals surface area contributed by atoms with Crippen LogP contribution in [-0.4, -0.2) is 36.1 Å². The van der Waals surface area contributed by atoms with Crippen molar-refractivity contribution in [1.82, 2.24) is 30.7 Å². The van der Waals surface area contributed by atoms with Crippen molar-refractivity contribution in [2.45, 2.75) is 24.4 Å². The molecule has 0 aliphatic carbocycles. The number of aromatic amines is 1. The average molecular weight is 331 g/mol. The molecular weight excluding hydrogens is 316 g/mol. The first-order valence-corrected chi connectivity index (χ1v) is 7.99. The maximum absolute atomic E-state index is 12.3. The summed E-state index contributed by atoms with van der Waals surface area (Å²) in [4.78, 5) is 0.0858. The molecule has 2 aromatic rings. The molecule has 21 heavy (non-hydrogen) atoms. The van der Waals surface area contributed by atoms with Crippen molar-refractivity contribution in [1.29, 1.82) is 0 Å². The molecule has 0 fully saturated rings. The lowest BCUT2D eigenvalue weighted by Crippen LogP contribution is -2.27. The highest BCUT2D eigenvalue weighted by Crippen LogP contribution is 2.22. The van der Waals surface area contributed by atoms with E-state index in [1.54, 1.807) is 20.0 Å². The van der Waals surface area contributed by atoms with Gasteiger partial charge in [-0.15, -0.1) is 10.2 Å². The van der Waals surface area contributed by atoms with Gasteiger partial charge >= 0.3 is 0 Å². The van der Waals surface area contributed by atoms with Gasteiger partial charge in [0.05, 0.1) is 10.9 Å². The number of benzene rings is 1. The monoisotopic (exact) mass is 330 g/mol. The largest absolute Gasteiger partial charge is 0.316 e. The van der Waals surface area contributed by atoms with Gasteiger partial charge in [-0.1, -0.05) is 22.9 Å². The second kappa shape index (κ2) is 6.48. The normalized spacial score (nSPS) is 13.3. The number of H-pyrrole nitrogens is 1. The van der Waals surface area contributed by atoms with Crippen LogP contribution < -0.4 is 10.0 Å². The number of hydrogen-bond donors (Lipinski definition) is 3. The summed E-state index contributed by atoms with van der Waals surface area (Å²) in [6, 6.07) is 3.99. The Morgan fingerprint density at radius 3 is 2.76 bits per heavy atom. The lowest BCUT2D eigenvalue weighted by atomic mass is 10.2. The minimum Gasteiger partial charge on any atom is -0.316 e. The second-order valence-corrected chi connectivity index (χ2v) is 6.52. The minimum atomic E-state index is -3.72. The van der Waals surface area contributed by atoms with Crippen molar-refractivity contribution >= 4 is 21.6 Å². The topological polar surface area (TPSA) is 113 Å². The Morgan fingerprint density at radius 2 is 2.19 bits per heavy atom. The SMILES string of the molecule is CNCc1ccc(S(=O)(=O)NC(C)c2nn[nH]n2)cc1Cl. The van der Waals surface area contributed by atoms with Crippen molar-refractivity contribution in [3.8, 4) is 0 Å². The van der Waals surface area contributed by atoms with Gasteiger partial charge in [0.1, 0.15) is 0 Å². The van der Waals surface area contributed by atoms with Crippen molar-refractivity contribution in [2.24, 2.45) is 0 Å². The Hall–Kier alpha value is -1.55. The number of halogens is 1. The van der Waals surface area contributed by atoms with E-state index in [9.17, 15) is 8.42 Å². The lowest BCUT2D eigenvalue weighted by Gasteiger charge is -2.12. The van der Waals surface area contributed by atoms with Gasteiger partial charge in [-0.05, 0) is 31.7 Å². The zero-order valence-corrected chi connectivity index (χ0v) is 13.0. The molecule has 0 bridgehead atoms. The van der Waals surface area contributed by atoms with Crippen LogP contribution in [0.1, 0.15) is 24.4 Å². The Labute approximate surface area is 127 Å². The molecule has 8 nitrogen and oxygen atoms in total. The van der Waals surface area contributed by atoms with Crippen LogP contribution in [-0.2, 0) is 16.6 Å². The van der Waals surface area contributed by atoms with Crippen LogP contribution in [0.15, 0.2) is 23.1 Å². The fourth-order valence-corrected chi connectivity index (χ4v) is 3.27. The Bertz CT molecular complexity index is 704. The first kappa shape index (κ1) is 15.8. The van der Waals surface area contributed by atoms with Crippen LogP contribution in [0, 0.1) is 0 Å². The molecule has 0 aliphatic heterocycles. The molecule has 0 aliphatic rings. The molecule has 10 heteroatoms. The lowest BCUT2D eigenvalue weighted by molar-refractivity contribution is 0.560. The van der Waals surface area contributed by atoms with Gasteiger partial charge in [0.2, 0.25) is 10.0 Å². The van der Waals surface area contributed by atoms with Gasteiger partial charge in [-0.3, -0.25) is 0 Å². The Balaban J connectivity index is 2.21. The van der Waals surface area contributed by atoms with Crippen LogP contribution in [0.5, 0.6) is 0 Å². The number of nitrogens with zero attached hydrogens (tertiary/aromatic N) is 3. The summed E-state index contributed by atoms with van der Waals surface area (Å²) in [5.41, 5.74) is 0.823. The standard InChI is InChI=1S/C11H15ClN6O2S/c1-7(11-14-17-18-15-11)16-21(19,20)9-4-3-8(6-13-2)10(12)5-9/h3-5,7,13,16H,6H2,1-2H3,(H,14,15,17,18). The quantitative estimate of drug-likeness (QED) is 0.715. The number of rotatable bonds is 6. The molecule has 0 saturated heterocycles. The molecule has 1 atom stereocenters. The number of hydrogen-bond acceptors (Lipinski definition) is 6. The fraction of sp³-hybridized carbons (Fsp3) is 0.364. The molecule has 1 unspecified atom stereocenters. The zero-order valence-electron chi connectivity index (χ0n) is 11.5. The highest BCUT2D eigenvalue weighted by atomic mass is 35.5. The van der Waals surface area contributed by atoms with Crippen molar-refractivity contribution < 1.29 is 8.42 Å². The van der Waals surface area contributed by atoms with E-state index in [1.165, 1.54) is 12.1 Å². The molecular formula is C11H15ClN6O2S. The smallest absolute Gasteiger partial charge is 0.241 e. The molecule has 2 rings (SSSR count). The average Bonchev–Trinajstić information content (AvgIpc) is 2.95. The van der Waals surface area contributed by atoms with Crippen molar-refractivity contribution in [2.75, 3.05) is 7.05 Å². The van der Waals surface area contributed by atoms with E-state index < -0.39 is 16.1 Å². The molecule has 1 heterocycles. The van der Waals surface area contributed by atoms with E-state index in [2.05, 4.69) is 30.7 Å². The summed E-state index contributed by atoms with van der Waals surface area (Å²) >= 11 is 6.08. The first-order chi connectivity index (χ1) is 9.94. The van der Waals surface area contributed by atoms with E-state index in [-0.39, 0.29) is 10.7 Å². The number of tetrazole rings is 1. The van der Waals surface area contributed by atoms with E-state index in [4.69, 9.17) is 11.6 Å². The predicted octanol–water partition coefficient (Wildman–Crippen LogP) is 0.612. The third-order valence-electron chi connectivity index (χ3n) is 2.78. The third kappa shape index (κ3) is 3.76. The van der Waals surface area contributed by atoms with Gasteiger partial charge in [0, 0.05) is 11.6 Å². The summed E-state index contributed by atoms with van der Waals surface area (Å²) in [5, 5.41) is 16.5. The molecule has 0 saturated carbocycles. The minimum absolute atomic E-state index is 0.0858.